The van der Waals surface area contributed by atoms with E-state index in [1.807, 2.05) is 12.3 Å². The third kappa shape index (κ3) is 3.85. The van der Waals surface area contributed by atoms with Crippen LogP contribution in [0.1, 0.15) is 12.6 Å². The highest BCUT2D eigenvalue weighted by Crippen LogP contribution is 2.26. The van der Waals surface area contributed by atoms with Crippen molar-refractivity contribution in [3.8, 4) is 0 Å². The standard InChI is InChI=1S/C13H13Cl2N3OS/c1-7-6-20-13(16-7)18-12(19)8(2)17-11-5-9(14)3-4-10(11)15/h3-6,8,17H,1-2H3,(H,16,18,19)/t8-/m1/s1. The molecule has 2 rings (SSSR count). The second-order valence-electron chi connectivity index (χ2n) is 4.27. The molecule has 1 heterocycles. The lowest BCUT2D eigenvalue weighted by Crippen LogP contribution is -2.31. The zero-order valence-electron chi connectivity index (χ0n) is 10.9. The fraction of sp³-hybridized carbons (Fsp3) is 0.231. The summed E-state index contributed by atoms with van der Waals surface area (Å²) in [7, 11) is 0. The predicted octanol–water partition coefficient (Wildman–Crippen LogP) is 4.20. The van der Waals surface area contributed by atoms with Crippen molar-refractivity contribution in [1.29, 1.82) is 0 Å². The first-order valence-electron chi connectivity index (χ1n) is 5.90. The molecule has 0 unspecified atom stereocenters. The van der Waals surface area contributed by atoms with E-state index in [0.717, 1.165) is 5.69 Å². The number of anilines is 2. The number of carbonyl (C=O) groups is 1. The number of carbonyl (C=O) groups excluding carboxylic acids is 1. The number of nitrogens with zero attached hydrogens (tertiary/aromatic N) is 1. The molecule has 0 aliphatic rings. The molecule has 106 valence electrons. The average molecular weight is 330 g/mol. The number of aromatic nitrogens is 1. The molecule has 0 fully saturated rings. The molecule has 1 aromatic heterocycles. The van der Waals surface area contributed by atoms with Crippen LogP contribution in [0.15, 0.2) is 23.6 Å². The lowest BCUT2D eigenvalue weighted by Gasteiger charge is -2.15. The van der Waals surface area contributed by atoms with E-state index < -0.39 is 6.04 Å². The molecule has 2 aromatic rings. The topological polar surface area (TPSA) is 54.0 Å². The number of hydrogen-bond donors (Lipinski definition) is 2. The first-order valence-corrected chi connectivity index (χ1v) is 7.54. The van der Waals surface area contributed by atoms with Crippen LogP contribution in [0.3, 0.4) is 0 Å². The molecule has 0 radical (unpaired) electrons. The van der Waals surface area contributed by atoms with Crippen LogP contribution in [0.25, 0.3) is 0 Å². The van der Waals surface area contributed by atoms with Gasteiger partial charge in [-0.15, -0.1) is 11.3 Å². The highest BCUT2D eigenvalue weighted by Gasteiger charge is 2.15. The number of nitrogens with one attached hydrogen (secondary N) is 2. The van der Waals surface area contributed by atoms with Crippen LogP contribution in [-0.4, -0.2) is 16.9 Å². The Balaban J connectivity index is 2.02. The van der Waals surface area contributed by atoms with Gasteiger partial charge in [0.15, 0.2) is 5.13 Å². The maximum atomic E-state index is 12.0. The zero-order valence-corrected chi connectivity index (χ0v) is 13.2. The van der Waals surface area contributed by atoms with Gasteiger partial charge < -0.3 is 10.6 Å². The molecule has 2 N–H and O–H groups in total. The van der Waals surface area contributed by atoms with Gasteiger partial charge in [0.1, 0.15) is 6.04 Å². The lowest BCUT2D eigenvalue weighted by atomic mass is 10.2. The molecule has 0 aliphatic heterocycles. The molecule has 0 aliphatic carbocycles. The molecule has 1 aromatic carbocycles. The van der Waals surface area contributed by atoms with Gasteiger partial charge in [0.2, 0.25) is 5.91 Å². The van der Waals surface area contributed by atoms with E-state index in [0.29, 0.717) is 20.9 Å². The van der Waals surface area contributed by atoms with Crippen LogP contribution in [0.2, 0.25) is 10.0 Å². The van der Waals surface area contributed by atoms with Crippen LogP contribution >= 0.6 is 34.5 Å². The molecule has 4 nitrogen and oxygen atoms in total. The number of thiazole rings is 1. The Kier molecular flexibility index (Phi) is 4.86. The lowest BCUT2D eigenvalue weighted by molar-refractivity contribution is -0.116. The Hall–Kier alpha value is -1.30. The molecule has 7 heteroatoms. The van der Waals surface area contributed by atoms with E-state index in [1.54, 1.807) is 25.1 Å². The Bertz CT molecular complexity index is 630. The van der Waals surface area contributed by atoms with E-state index >= 15 is 0 Å². The van der Waals surface area contributed by atoms with Crippen molar-refractivity contribution in [2.24, 2.45) is 0 Å². The molecule has 1 atom stereocenters. The maximum Gasteiger partial charge on any atom is 0.248 e. The first kappa shape index (κ1) is 15.1. The van der Waals surface area contributed by atoms with Gasteiger partial charge in [0.05, 0.1) is 16.4 Å². The number of amides is 1. The molecule has 0 saturated heterocycles. The summed E-state index contributed by atoms with van der Waals surface area (Å²) in [6.45, 7) is 3.62. The molecule has 1 amide bonds. The number of hydrogen-bond acceptors (Lipinski definition) is 4. The molecule has 0 spiro atoms. The normalized spacial score (nSPS) is 12.0. The van der Waals surface area contributed by atoms with E-state index in [-0.39, 0.29) is 5.91 Å². The highest BCUT2D eigenvalue weighted by atomic mass is 35.5. The minimum absolute atomic E-state index is 0.185. The predicted molar refractivity (Wildman–Crippen MR) is 85.0 cm³/mol. The van der Waals surface area contributed by atoms with E-state index in [4.69, 9.17) is 23.2 Å². The number of aryl methyl sites for hydroxylation is 1. The van der Waals surface area contributed by atoms with Gasteiger partial charge in [-0.2, -0.15) is 0 Å². The summed E-state index contributed by atoms with van der Waals surface area (Å²) >= 11 is 13.3. The van der Waals surface area contributed by atoms with Gasteiger partial charge in [0.25, 0.3) is 0 Å². The Morgan fingerprint density at radius 1 is 1.40 bits per heavy atom. The molecular weight excluding hydrogens is 317 g/mol. The third-order valence-corrected chi connectivity index (χ3v) is 3.98. The second-order valence-corrected chi connectivity index (χ2v) is 5.98. The van der Waals surface area contributed by atoms with E-state index in [1.165, 1.54) is 11.3 Å². The first-order chi connectivity index (χ1) is 9.45. The quantitative estimate of drug-likeness (QED) is 0.883. The van der Waals surface area contributed by atoms with Crippen molar-refractivity contribution in [3.05, 3.63) is 39.3 Å². The van der Waals surface area contributed by atoms with Gasteiger partial charge in [0, 0.05) is 10.4 Å². The second kappa shape index (κ2) is 6.43. The summed E-state index contributed by atoms with van der Waals surface area (Å²) in [5.74, 6) is -0.185. The molecular formula is C13H13Cl2N3OS. The summed E-state index contributed by atoms with van der Waals surface area (Å²) in [5, 5.41) is 9.30. The summed E-state index contributed by atoms with van der Waals surface area (Å²) in [5.41, 5.74) is 1.50. The number of rotatable bonds is 4. The van der Waals surface area contributed by atoms with Gasteiger partial charge in [-0.25, -0.2) is 4.98 Å². The summed E-state index contributed by atoms with van der Waals surface area (Å²) in [6.07, 6.45) is 0. The van der Waals surface area contributed by atoms with Crippen LogP contribution in [0.5, 0.6) is 0 Å². The molecule has 20 heavy (non-hydrogen) atoms. The van der Waals surface area contributed by atoms with Crippen LogP contribution in [0.4, 0.5) is 10.8 Å². The molecule has 0 bridgehead atoms. The monoisotopic (exact) mass is 329 g/mol. The van der Waals surface area contributed by atoms with Crippen molar-refractivity contribution < 1.29 is 4.79 Å². The van der Waals surface area contributed by atoms with Gasteiger partial charge in [-0.05, 0) is 32.0 Å². The maximum absolute atomic E-state index is 12.0. The van der Waals surface area contributed by atoms with Crippen molar-refractivity contribution in [2.75, 3.05) is 10.6 Å². The van der Waals surface area contributed by atoms with Gasteiger partial charge in [-0.3, -0.25) is 4.79 Å². The largest absolute Gasteiger partial charge is 0.373 e. The number of halogens is 2. The average Bonchev–Trinajstić information content (AvgIpc) is 2.79. The fourth-order valence-electron chi connectivity index (χ4n) is 1.53. The smallest absolute Gasteiger partial charge is 0.248 e. The van der Waals surface area contributed by atoms with Crippen LogP contribution in [0, 0.1) is 6.92 Å². The minimum atomic E-state index is -0.463. The highest BCUT2D eigenvalue weighted by molar-refractivity contribution is 7.13. The van der Waals surface area contributed by atoms with E-state index in [2.05, 4.69) is 15.6 Å². The van der Waals surface area contributed by atoms with Gasteiger partial charge in [-0.1, -0.05) is 23.2 Å². The van der Waals surface area contributed by atoms with Gasteiger partial charge >= 0.3 is 0 Å². The SMILES string of the molecule is Cc1csc(NC(=O)[C@@H](C)Nc2cc(Cl)ccc2Cl)n1. The Morgan fingerprint density at radius 2 is 2.15 bits per heavy atom. The molecule has 0 saturated carbocycles. The zero-order chi connectivity index (χ0) is 14.7. The summed E-state index contributed by atoms with van der Waals surface area (Å²) in [6, 6.07) is 4.59. The van der Waals surface area contributed by atoms with Crippen molar-refractivity contribution in [1.82, 2.24) is 4.98 Å². The minimum Gasteiger partial charge on any atom is -0.373 e. The third-order valence-electron chi connectivity index (χ3n) is 2.54. The fourth-order valence-corrected chi connectivity index (χ4v) is 2.57. The Labute approximate surface area is 131 Å². The van der Waals surface area contributed by atoms with Crippen molar-refractivity contribution in [3.63, 3.8) is 0 Å². The van der Waals surface area contributed by atoms with Crippen molar-refractivity contribution >= 4 is 51.3 Å². The van der Waals surface area contributed by atoms with Crippen LogP contribution < -0.4 is 10.6 Å². The summed E-state index contributed by atoms with van der Waals surface area (Å²) in [4.78, 5) is 16.2. The van der Waals surface area contributed by atoms with Crippen molar-refractivity contribution in [2.45, 2.75) is 19.9 Å². The van der Waals surface area contributed by atoms with E-state index in [9.17, 15) is 4.79 Å². The van der Waals surface area contributed by atoms with Crippen LogP contribution in [-0.2, 0) is 4.79 Å². The number of benzene rings is 1. The Morgan fingerprint density at radius 3 is 2.80 bits per heavy atom. The summed E-state index contributed by atoms with van der Waals surface area (Å²) < 4.78 is 0.